The Labute approximate surface area is 180 Å². The van der Waals surface area contributed by atoms with Crippen LogP contribution in [0.5, 0.6) is 0 Å². The monoisotopic (exact) mass is 430 g/mol. The molecule has 2 aliphatic rings. The van der Waals surface area contributed by atoms with Crippen molar-refractivity contribution in [2.75, 3.05) is 42.3 Å². The quantitative estimate of drug-likeness (QED) is 0.672. The number of amides is 1. The van der Waals surface area contributed by atoms with E-state index in [-0.39, 0.29) is 16.9 Å². The minimum absolute atomic E-state index is 0.0335. The second-order valence-corrected chi connectivity index (χ2v) is 8.91. The van der Waals surface area contributed by atoms with E-state index in [0.717, 1.165) is 44.0 Å². The van der Waals surface area contributed by atoms with Gasteiger partial charge in [-0.2, -0.15) is 5.01 Å². The lowest BCUT2D eigenvalue weighted by Gasteiger charge is -2.40. The molecule has 1 N–H and O–H groups in total. The normalized spacial score (nSPS) is 18.6. The van der Waals surface area contributed by atoms with Crippen molar-refractivity contribution in [3.05, 3.63) is 42.1 Å². The largest absolute Gasteiger partial charge is 0.305 e. The minimum Gasteiger partial charge on any atom is -0.296 e. The van der Waals surface area contributed by atoms with Crippen molar-refractivity contribution >= 4 is 28.7 Å². The summed E-state index contributed by atoms with van der Waals surface area (Å²) in [6, 6.07) is 9.85. The van der Waals surface area contributed by atoms with E-state index < -0.39 is 0 Å². The molecule has 1 saturated carbocycles. The topological polar surface area (TPSA) is 82.6 Å². The molecule has 2 heterocycles. The molecule has 9 heteroatoms. The second kappa shape index (κ2) is 9.61. The first-order valence-electron chi connectivity index (χ1n) is 10.5. The van der Waals surface area contributed by atoms with Gasteiger partial charge in [-0.1, -0.05) is 55.4 Å². The van der Waals surface area contributed by atoms with Gasteiger partial charge in [0.05, 0.1) is 17.9 Å². The van der Waals surface area contributed by atoms with Crippen molar-refractivity contribution in [3.63, 3.8) is 0 Å². The Bertz CT molecular complexity index is 863. The number of aromatic nitrogens is 2. The summed E-state index contributed by atoms with van der Waals surface area (Å²) < 4.78 is 5.29. The number of nitrogens with one attached hydrogen (secondary N) is 1. The van der Waals surface area contributed by atoms with Crippen LogP contribution >= 0.6 is 11.8 Å². The molecule has 0 bridgehead atoms. The van der Waals surface area contributed by atoms with E-state index in [1.807, 2.05) is 18.2 Å². The van der Waals surface area contributed by atoms with Crippen LogP contribution in [-0.2, 0) is 4.79 Å². The molecule has 1 atom stereocenters. The van der Waals surface area contributed by atoms with Gasteiger partial charge in [0.15, 0.2) is 0 Å². The van der Waals surface area contributed by atoms with Crippen LogP contribution in [0.2, 0.25) is 0 Å². The summed E-state index contributed by atoms with van der Waals surface area (Å²) in [5.74, 6) is 0.179. The van der Waals surface area contributed by atoms with Crippen LogP contribution in [0.25, 0.3) is 0 Å². The van der Waals surface area contributed by atoms with Crippen LogP contribution in [0.15, 0.2) is 41.1 Å². The van der Waals surface area contributed by atoms with Gasteiger partial charge in [0.25, 0.3) is 6.20 Å². The molecule has 1 aliphatic carbocycles. The standard InChI is InChI=1S/C21H27N5O3S/c1-16(15-30-21(28)17-6-3-2-4-7-17)20(27)22-19-14-26(23-29-19)25-12-10-24(11-13-25)18-8-5-9-18/h2-4,6-7,14,16,18H,5,8-13,15H2,1H3/p+1/t16-/m1/s1. The van der Waals surface area contributed by atoms with Crippen LogP contribution < -0.4 is 15.1 Å². The fourth-order valence-electron chi connectivity index (χ4n) is 3.64. The number of hydrogen-bond acceptors (Lipinski definition) is 7. The Morgan fingerprint density at radius 3 is 2.63 bits per heavy atom. The zero-order valence-corrected chi connectivity index (χ0v) is 18.0. The highest BCUT2D eigenvalue weighted by molar-refractivity contribution is 8.14. The number of carbonyl (C=O) groups is 2. The summed E-state index contributed by atoms with van der Waals surface area (Å²) in [7, 11) is 0. The Kier molecular flexibility index (Phi) is 6.69. The number of rotatable bonds is 7. The predicted octanol–water partition coefficient (Wildman–Crippen LogP) is 1.92. The van der Waals surface area contributed by atoms with Crippen molar-refractivity contribution in [3.8, 4) is 0 Å². The summed E-state index contributed by atoms with van der Waals surface area (Å²) >= 11 is 1.15. The van der Waals surface area contributed by atoms with Crippen molar-refractivity contribution in [1.82, 2.24) is 10.2 Å². The summed E-state index contributed by atoms with van der Waals surface area (Å²) in [5.41, 5.74) is 0.642. The maximum atomic E-state index is 12.5. The molecular weight excluding hydrogens is 402 g/mol. The molecule has 8 nitrogen and oxygen atoms in total. The van der Waals surface area contributed by atoms with Crippen molar-refractivity contribution in [2.45, 2.75) is 32.2 Å². The van der Waals surface area contributed by atoms with Crippen LogP contribution in [0.3, 0.4) is 0 Å². The zero-order valence-electron chi connectivity index (χ0n) is 17.2. The van der Waals surface area contributed by atoms with E-state index >= 15 is 0 Å². The molecule has 1 aromatic heterocycles. The van der Waals surface area contributed by atoms with Crippen molar-refractivity contribution < 1.29 is 18.9 Å². The van der Waals surface area contributed by atoms with Gasteiger partial charge in [-0.25, -0.2) is 0 Å². The van der Waals surface area contributed by atoms with Crippen LogP contribution in [0.1, 0.15) is 36.5 Å². The zero-order chi connectivity index (χ0) is 20.9. The highest BCUT2D eigenvalue weighted by atomic mass is 32.2. The number of thioether (sulfide) groups is 1. The molecular formula is C21H28N5O3S+. The SMILES string of the molecule is C[C@H](CSC(=O)c1ccccc1)C(=O)Nc1c[n+](N2CCN(C3CCC3)CC2)no1. The van der Waals surface area contributed by atoms with E-state index in [2.05, 4.69) is 20.5 Å². The molecule has 1 aromatic carbocycles. The second-order valence-electron chi connectivity index (χ2n) is 7.92. The molecule has 160 valence electrons. The molecule has 1 saturated heterocycles. The molecule has 0 unspecified atom stereocenters. The average Bonchev–Trinajstić information content (AvgIpc) is 3.20. The number of anilines is 1. The number of hydrogen-bond donors (Lipinski definition) is 1. The highest BCUT2D eigenvalue weighted by Crippen LogP contribution is 2.25. The number of nitrogens with zero attached hydrogens (tertiary/aromatic N) is 4. The average molecular weight is 431 g/mol. The maximum absolute atomic E-state index is 12.5. The van der Waals surface area contributed by atoms with Crippen LogP contribution in [-0.4, -0.2) is 59.2 Å². The molecule has 4 rings (SSSR count). The summed E-state index contributed by atoms with van der Waals surface area (Å²) in [5, 5.41) is 8.89. The predicted molar refractivity (Wildman–Crippen MR) is 115 cm³/mol. The van der Waals surface area contributed by atoms with E-state index in [0.29, 0.717) is 17.2 Å². The summed E-state index contributed by atoms with van der Waals surface area (Å²) in [4.78, 5) is 28.9. The van der Waals surface area contributed by atoms with Crippen molar-refractivity contribution in [2.24, 2.45) is 5.92 Å². The number of benzene rings is 1. The van der Waals surface area contributed by atoms with Gasteiger partial charge in [-0.15, -0.1) is 0 Å². The Hall–Kier alpha value is -2.39. The van der Waals surface area contributed by atoms with Gasteiger partial charge in [0.1, 0.15) is 0 Å². The van der Waals surface area contributed by atoms with E-state index in [9.17, 15) is 9.59 Å². The maximum Gasteiger partial charge on any atom is 0.305 e. The Balaban J connectivity index is 1.23. The summed E-state index contributed by atoms with van der Waals surface area (Å²) in [6.45, 7) is 5.61. The van der Waals surface area contributed by atoms with E-state index in [1.165, 1.54) is 19.3 Å². The van der Waals surface area contributed by atoms with Crippen LogP contribution in [0, 0.1) is 5.92 Å². The van der Waals surface area contributed by atoms with Gasteiger partial charge in [0.2, 0.25) is 16.3 Å². The first-order chi connectivity index (χ1) is 14.6. The first-order valence-corrected chi connectivity index (χ1v) is 11.5. The lowest BCUT2D eigenvalue weighted by atomic mass is 9.91. The highest BCUT2D eigenvalue weighted by Gasteiger charge is 2.32. The number of carbonyl (C=O) groups excluding carboxylic acids is 2. The minimum atomic E-state index is -0.341. The fraction of sp³-hybridized carbons (Fsp3) is 0.524. The van der Waals surface area contributed by atoms with Gasteiger partial charge in [-0.05, 0) is 12.8 Å². The third-order valence-corrected chi connectivity index (χ3v) is 6.96. The third kappa shape index (κ3) is 5.02. The Morgan fingerprint density at radius 2 is 1.97 bits per heavy atom. The van der Waals surface area contributed by atoms with Gasteiger partial charge in [-0.3, -0.25) is 24.3 Å². The third-order valence-electron chi connectivity index (χ3n) is 5.79. The van der Waals surface area contributed by atoms with Crippen molar-refractivity contribution in [1.29, 1.82) is 0 Å². The Morgan fingerprint density at radius 1 is 1.23 bits per heavy atom. The van der Waals surface area contributed by atoms with E-state index in [1.54, 1.807) is 30.0 Å². The molecule has 1 amide bonds. The molecule has 0 spiro atoms. The number of piperazine rings is 1. The molecule has 0 radical (unpaired) electrons. The molecule has 1 aliphatic heterocycles. The lowest BCUT2D eigenvalue weighted by Crippen LogP contribution is -2.66. The van der Waals surface area contributed by atoms with Crippen LogP contribution in [0.4, 0.5) is 5.88 Å². The molecule has 2 fully saturated rings. The first kappa shape index (κ1) is 20.9. The lowest BCUT2D eigenvalue weighted by molar-refractivity contribution is -0.759. The van der Waals surface area contributed by atoms with Gasteiger partial charge < -0.3 is 0 Å². The molecule has 2 aromatic rings. The van der Waals surface area contributed by atoms with E-state index in [4.69, 9.17) is 4.52 Å². The molecule has 30 heavy (non-hydrogen) atoms. The van der Waals surface area contributed by atoms with Gasteiger partial charge >= 0.3 is 5.88 Å². The summed E-state index contributed by atoms with van der Waals surface area (Å²) in [6.07, 6.45) is 5.69. The fourth-order valence-corrected chi connectivity index (χ4v) is 4.49. The smallest absolute Gasteiger partial charge is 0.296 e. The van der Waals surface area contributed by atoms with Gasteiger partial charge in [0, 0.05) is 36.4 Å².